The maximum Gasteiger partial charge on any atom is 0.338 e. The highest BCUT2D eigenvalue weighted by Crippen LogP contribution is 2.39. The molecule has 0 aliphatic heterocycles. The van der Waals surface area contributed by atoms with Crippen molar-refractivity contribution in [3.05, 3.63) is 35.4 Å². The number of benzene rings is 2. The third kappa shape index (κ3) is 5.05. The zero-order valence-corrected chi connectivity index (χ0v) is 17.8. The molecule has 0 aliphatic carbocycles. The molecule has 2 aromatic carbocycles. The summed E-state index contributed by atoms with van der Waals surface area (Å²) in [6.45, 7) is 1.31. The molecule has 9 nitrogen and oxygen atoms in total. The van der Waals surface area contributed by atoms with E-state index in [1.54, 1.807) is 19.1 Å². The summed E-state index contributed by atoms with van der Waals surface area (Å²) in [6, 6.07) is 6.18. The van der Waals surface area contributed by atoms with Gasteiger partial charge in [-0.1, -0.05) is 0 Å². The first-order chi connectivity index (χ1) is 14.4. The number of nitrogens with one attached hydrogen (secondary N) is 1. The van der Waals surface area contributed by atoms with Gasteiger partial charge in [-0.2, -0.15) is 0 Å². The summed E-state index contributed by atoms with van der Waals surface area (Å²) in [6.07, 6.45) is 0. The largest absolute Gasteiger partial charge is 0.496 e. The zero-order chi connectivity index (χ0) is 22.3. The fraction of sp³-hybridized carbons (Fsp3) is 0.333. The number of rotatable bonds is 9. The summed E-state index contributed by atoms with van der Waals surface area (Å²) in [5.74, 6) is 0.874. The van der Waals surface area contributed by atoms with E-state index in [2.05, 4.69) is 5.32 Å². The monoisotopic (exact) mass is 419 g/mol. The molecule has 0 aliphatic rings. The molecule has 162 valence electrons. The van der Waals surface area contributed by atoms with Crippen LogP contribution in [0.2, 0.25) is 0 Å². The van der Waals surface area contributed by atoms with Gasteiger partial charge in [-0.3, -0.25) is 4.79 Å². The third-order valence-electron chi connectivity index (χ3n) is 4.27. The fourth-order valence-electron chi connectivity index (χ4n) is 2.77. The van der Waals surface area contributed by atoms with Crippen LogP contribution in [-0.2, 0) is 9.53 Å². The number of carbonyl (C=O) groups is 2. The van der Waals surface area contributed by atoms with Crippen LogP contribution in [0.15, 0.2) is 24.3 Å². The van der Waals surface area contributed by atoms with Crippen molar-refractivity contribution in [1.82, 2.24) is 0 Å². The normalized spacial score (nSPS) is 10.1. The van der Waals surface area contributed by atoms with Gasteiger partial charge in [0.2, 0.25) is 5.75 Å². The molecule has 0 saturated carbocycles. The Bertz CT molecular complexity index is 875. The van der Waals surface area contributed by atoms with Crippen LogP contribution in [0.25, 0.3) is 0 Å². The van der Waals surface area contributed by atoms with Crippen molar-refractivity contribution in [2.45, 2.75) is 6.92 Å². The van der Waals surface area contributed by atoms with Crippen molar-refractivity contribution < 1.29 is 38.0 Å². The summed E-state index contributed by atoms with van der Waals surface area (Å²) < 4.78 is 31.3. The molecular weight excluding hydrogens is 394 g/mol. The highest BCUT2D eigenvalue weighted by atomic mass is 16.5. The highest BCUT2D eigenvalue weighted by molar-refractivity contribution is 5.96. The molecule has 0 bridgehead atoms. The number of anilines is 1. The predicted molar refractivity (Wildman–Crippen MR) is 109 cm³/mol. The summed E-state index contributed by atoms with van der Waals surface area (Å²) in [4.78, 5) is 24.6. The maximum atomic E-state index is 12.4. The Labute approximate surface area is 174 Å². The fourth-order valence-corrected chi connectivity index (χ4v) is 2.77. The summed E-state index contributed by atoms with van der Waals surface area (Å²) in [5, 5.41) is 2.62. The maximum absolute atomic E-state index is 12.4. The smallest absolute Gasteiger partial charge is 0.338 e. The van der Waals surface area contributed by atoms with Gasteiger partial charge in [-0.25, -0.2) is 4.79 Å². The van der Waals surface area contributed by atoms with Crippen LogP contribution in [0.3, 0.4) is 0 Å². The van der Waals surface area contributed by atoms with Crippen molar-refractivity contribution in [3.63, 3.8) is 0 Å². The van der Waals surface area contributed by atoms with E-state index in [-0.39, 0.29) is 5.56 Å². The van der Waals surface area contributed by atoms with Gasteiger partial charge in [0.25, 0.3) is 5.91 Å². The van der Waals surface area contributed by atoms with Crippen molar-refractivity contribution in [3.8, 4) is 28.7 Å². The van der Waals surface area contributed by atoms with E-state index < -0.39 is 18.5 Å². The summed E-state index contributed by atoms with van der Waals surface area (Å²) >= 11 is 0. The predicted octanol–water partition coefficient (Wildman–Crippen LogP) is 2.83. The highest BCUT2D eigenvalue weighted by Gasteiger charge is 2.17. The second-order valence-electron chi connectivity index (χ2n) is 6.04. The molecule has 2 rings (SSSR count). The van der Waals surface area contributed by atoms with E-state index in [1.807, 2.05) is 0 Å². The first kappa shape index (κ1) is 22.7. The lowest BCUT2D eigenvalue weighted by molar-refractivity contribution is -0.119. The lowest BCUT2D eigenvalue weighted by Crippen LogP contribution is -2.21. The van der Waals surface area contributed by atoms with Crippen molar-refractivity contribution >= 4 is 17.6 Å². The topological polar surface area (TPSA) is 102 Å². The molecule has 0 spiro atoms. The van der Waals surface area contributed by atoms with Crippen LogP contribution in [0.1, 0.15) is 15.9 Å². The van der Waals surface area contributed by atoms with Gasteiger partial charge in [0.05, 0.1) is 41.1 Å². The number of methoxy groups -OCH3 is 5. The molecule has 1 N–H and O–H groups in total. The van der Waals surface area contributed by atoms with Gasteiger partial charge in [-0.15, -0.1) is 0 Å². The second kappa shape index (κ2) is 10.2. The lowest BCUT2D eigenvalue weighted by Gasteiger charge is -2.15. The van der Waals surface area contributed by atoms with Gasteiger partial charge in [-0.05, 0) is 19.1 Å². The van der Waals surface area contributed by atoms with E-state index in [4.69, 9.17) is 28.4 Å². The van der Waals surface area contributed by atoms with Crippen molar-refractivity contribution in [2.24, 2.45) is 0 Å². The average molecular weight is 419 g/mol. The average Bonchev–Trinajstić information content (AvgIpc) is 2.76. The van der Waals surface area contributed by atoms with E-state index in [9.17, 15) is 9.59 Å². The number of hydrogen-bond donors (Lipinski definition) is 1. The Kier molecular flexibility index (Phi) is 7.74. The Morgan fingerprint density at radius 2 is 1.27 bits per heavy atom. The number of hydrogen-bond acceptors (Lipinski definition) is 8. The van der Waals surface area contributed by atoms with E-state index >= 15 is 0 Å². The van der Waals surface area contributed by atoms with E-state index in [1.165, 1.54) is 47.7 Å². The van der Waals surface area contributed by atoms with Gasteiger partial charge in [0.1, 0.15) is 11.5 Å². The molecule has 9 heteroatoms. The zero-order valence-electron chi connectivity index (χ0n) is 17.8. The van der Waals surface area contributed by atoms with Gasteiger partial charge < -0.3 is 33.7 Å². The van der Waals surface area contributed by atoms with Crippen LogP contribution >= 0.6 is 0 Å². The van der Waals surface area contributed by atoms with Crippen LogP contribution in [0.4, 0.5) is 5.69 Å². The molecule has 0 radical (unpaired) electrons. The molecule has 0 heterocycles. The number of carbonyl (C=O) groups excluding carboxylic acids is 2. The van der Waals surface area contributed by atoms with Crippen molar-refractivity contribution in [2.75, 3.05) is 47.5 Å². The van der Waals surface area contributed by atoms with E-state index in [0.717, 1.165) is 5.56 Å². The standard InChI is InChI=1S/C21H25NO8/c1-12-15(25-2)7-13(8-16(12)26-3)21(24)30-11-19(23)22-14-9-17(27-4)20(29-6)18(10-14)28-5/h7-10H,11H2,1-6H3,(H,22,23). The second-order valence-corrected chi connectivity index (χ2v) is 6.04. The Morgan fingerprint density at radius 1 is 0.767 bits per heavy atom. The Morgan fingerprint density at radius 3 is 1.70 bits per heavy atom. The van der Waals surface area contributed by atoms with Crippen molar-refractivity contribution in [1.29, 1.82) is 0 Å². The van der Waals surface area contributed by atoms with Crippen LogP contribution in [-0.4, -0.2) is 54.0 Å². The molecule has 0 fully saturated rings. The first-order valence-corrected chi connectivity index (χ1v) is 8.88. The Hall–Kier alpha value is -3.62. The quantitative estimate of drug-likeness (QED) is 0.619. The SMILES string of the molecule is COc1cc(C(=O)OCC(=O)Nc2cc(OC)c(OC)c(OC)c2)cc(OC)c1C. The molecular formula is C21H25NO8. The lowest BCUT2D eigenvalue weighted by atomic mass is 10.1. The summed E-state index contributed by atoms with van der Waals surface area (Å²) in [5.41, 5.74) is 1.34. The van der Waals surface area contributed by atoms with Crippen LogP contribution in [0, 0.1) is 6.92 Å². The molecule has 0 atom stereocenters. The van der Waals surface area contributed by atoms with Gasteiger partial charge >= 0.3 is 5.97 Å². The first-order valence-electron chi connectivity index (χ1n) is 8.88. The number of ether oxygens (including phenoxy) is 6. The van der Waals surface area contributed by atoms with Gasteiger partial charge in [0, 0.05) is 23.4 Å². The molecule has 0 aromatic heterocycles. The molecule has 0 unspecified atom stereocenters. The summed E-state index contributed by atoms with van der Waals surface area (Å²) in [7, 11) is 7.39. The molecule has 0 saturated heterocycles. The van der Waals surface area contributed by atoms with E-state index in [0.29, 0.717) is 34.4 Å². The molecule has 1 amide bonds. The minimum Gasteiger partial charge on any atom is -0.496 e. The molecule has 2 aromatic rings. The third-order valence-corrected chi connectivity index (χ3v) is 4.27. The van der Waals surface area contributed by atoms with Crippen LogP contribution in [0.5, 0.6) is 28.7 Å². The minimum atomic E-state index is -0.688. The van der Waals surface area contributed by atoms with Gasteiger partial charge in [0.15, 0.2) is 18.1 Å². The number of amides is 1. The molecule has 30 heavy (non-hydrogen) atoms. The minimum absolute atomic E-state index is 0.204. The Balaban J connectivity index is 2.09. The van der Waals surface area contributed by atoms with Crippen LogP contribution < -0.4 is 29.0 Å². The number of esters is 1.